The van der Waals surface area contributed by atoms with Gasteiger partial charge in [-0.2, -0.15) is 0 Å². The van der Waals surface area contributed by atoms with Crippen molar-refractivity contribution in [2.45, 2.75) is 33.3 Å². The molecule has 1 amide bonds. The number of hydrogen-bond donors (Lipinski definition) is 2. The zero-order valence-corrected chi connectivity index (χ0v) is 11.2. The van der Waals surface area contributed by atoms with Crippen LogP contribution in [0.3, 0.4) is 0 Å². The first-order valence-corrected chi connectivity index (χ1v) is 6.70. The Hall–Kier alpha value is -0.910. The molecule has 0 saturated carbocycles. The van der Waals surface area contributed by atoms with Crippen LogP contribution in [-0.2, 0) is 11.3 Å². The lowest BCUT2D eigenvalue weighted by molar-refractivity contribution is 0.0860. The standard InChI is InChI=1S/C12H20N2O2S/c1-3-9(4-2)7-16-8-10-5-6-11(17-10)12(15)14-13/h5-6,9H,3-4,7-8,13H2,1-2H3,(H,14,15). The quantitative estimate of drug-likeness (QED) is 0.447. The molecule has 0 unspecified atom stereocenters. The maximum absolute atomic E-state index is 11.2. The second-order valence-corrected chi connectivity index (χ2v) is 5.11. The van der Waals surface area contributed by atoms with Gasteiger partial charge in [0, 0.05) is 11.5 Å². The van der Waals surface area contributed by atoms with Crippen LogP contribution in [-0.4, -0.2) is 12.5 Å². The summed E-state index contributed by atoms with van der Waals surface area (Å²) < 4.78 is 5.64. The first kappa shape index (κ1) is 14.2. The Bertz CT molecular complexity index is 348. The van der Waals surface area contributed by atoms with Gasteiger partial charge in [-0.15, -0.1) is 11.3 Å². The summed E-state index contributed by atoms with van der Waals surface area (Å²) in [6.45, 7) is 5.70. The maximum atomic E-state index is 11.2. The third-order valence-corrected chi connectivity index (χ3v) is 3.83. The van der Waals surface area contributed by atoms with E-state index < -0.39 is 0 Å². The molecule has 0 bridgehead atoms. The Balaban J connectivity index is 2.37. The summed E-state index contributed by atoms with van der Waals surface area (Å²) in [7, 11) is 0. The van der Waals surface area contributed by atoms with Crippen molar-refractivity contribution in [2.24, 2.45) is 11.8 Å². The van der Waals surface area contributed by atoms with E-state index >= 15 is 0 Å². The average molecular weight is 256 g/mol. The van der Waals surface area contributed by atoms with E-state index in [1.807, 2.05) is 6.07 Å². The zero-order valence-electron chi connectivity index (χ0n) is 10.4. The Morgan fingerprint density at radius 1 is 1.47 bits per heavy atom. The topological polar surface area (TPSA) is 64.3 Å². The molecular weight excluding hydrogens is 236 g/mol. The summed E-state index contributed by atoms with van der Waals surface area (Å²) >= 11 is 1.42. The lowest BCUT2D eigenvalue weighted by Crippen LogP contribution is -2.29. The van der Waals surface area contributed by atoms with Crippen molar-refractivity contribution in [1.82, 2.24) is 5.43 Å². The molecule has 4 nitrogen and oxygen atoms in total. The molecule has 17 heavy (non-hydrogen) atoms. The number of rotatable bonds is 7. The molecule has 1 heterocycles. The van der Waals surface area contributed by atoms with E-state index in [0.29, 0.717) is 17.4 Å². The molecule has 0 saturated heterocycles. The molecular formula is C12H20N2O2S. The molecule has 0 atom stereocenters. The smallest absolute Gasteiger partial charge is 0.275 e. The molecule has 0 aliphatic heterocycles. The SMILES string of the molecule is CCC(CC)COCc1ccc(C(=O)NN)s1. The minimum absolute atomic E-state index is 0.249. The fourth-order valence-corrected chi connectivity index (χ4v) is 2.35. The average Bonchev–Trinajstić information content (AvgIpc) is 2.82. The minimum Gasteiger partial charge on any atom is -0.376 e. The highest BCUT2D eigenvalue weighted by atomic mass is 32.1. The molecule has 1 rings (SSSR count). The van der Waals surface area contributed by atoms with Gasteiger partial charge in [0.15, 0.2) is 0 Å². The second-order valence-electron chi connectivity index (χ2n) is 3.94. The van der Waals surface area contributed by atoms with Crippen molar-refractivity contribution in [3.63, 3.8) is 0 Å². The number of nitrogens with two attached hydrogens (primary N) is 1. The van der Waals surface area contributed by atoms with Gasteiger partial charge in [0.05, 0.1) is 11.5 Å². The van der Waals surface area contributed by atoms with E-state index in [1.54, 1.807) is 6.07 Å². The fourth-order valence-electron chi connectivity index (χ4n) is 1.50. The molecule has 0 fully saturated rings. The number of amides is 1. The van der Waals surface area contributed by atoms with Crippen molar-refractivity contribution in [2.75, 3.05) is 6.61 Å². The number of hydrogen-bond acceptors (Lipinski definition) is 4. The summed E-state index contributed by atoms with van der Waals surface area (Å²) in [4.78, 5) is 12.9. The van der Waals surface area contributed by atoms with E-state index in [-0.39, 0.29) is 5.91 Å². The molecule has 1 aromatic heterocycles. The minimum atomic E-state index is -0.249. The number of carbonyl (C=O) groups is 1. The highest BCUT2D eigenvalue weighted by molar-refractivity contribution is 7.14. The number of hydrazine groups is 1. The van der Waals surface area contributed by atoms with Gasteiger partial charge in [-0.25, -0.2) is 5.84 Å². The zero-order chi connectivity index (χ0) is 12.7. The second kappa shape index (κ2) is 7.42. The fraction of sp³-hybridized carbons (Fsp3) is 0.583. The Morgan fingerprint density at radius 2 is 2.18 bits per heavy atom. The molecule has 96 valence electrons. The van der Waals surface area contributed by atoms with Gasteiger partial charge in [0.2, 0.25) is 0 Å². The van der Waals surface area contributed by atoms with Crippen LogP contribution < -0.4 is 11.3 Å². The summed E-state index contributed by atoms with van der Waals surface area (Å²) in [5, 5.41) is 0. The first-order chi connectivity index (χ1) is 8.21. The van der Waals surface area contributed by atoms with Gasteiger partial charge in [0.1, 0.15) is 0 Å². The first-order valence-electron chi connectivity index (χ1n) is 5.88. The molecule has 0 radical (unpaired) electrons. The number of ether oxygens (including phenoxy) is 1. The molecule has 1 aromatic rings. The Kier molecular flexibility index (Phi) is 6.18. The van der Waals surface area contributed by atoms with Crippen molar-refractivity contribution < 1.29 is 9.53 Å². The lowest BCUT2D eigenvalue weighted by atomic mass is 10.1. The van der Waals surface area contributed by atoms with Gasteiger partial charge in [-0.3, -0.25) is 10.2 Å². The third kappa shape index (κ3) is 4.46. The van der Waals surface area contributed by atoms with Crippen molar-refractivity contribution >= 4 is 17.2 Å². The predicted octanol–water partition coefficient (Wildman–Crippen LogP) is 2.30. The van der Waals surface area contributed by atoms with Crippen LogP contribution >= 0.6 is 11.3 Å². The summed E-state index contributed by atoms with van der Waals surface area (Å²) in [5.74, 6) is 5.44. The van der Waals surface area contributed by atoms with Crippen LogP contribution in [0.25, 0.3) is 0 Å². The highest BCUT2D eigenvalue weighted by Gasteiger charge is 2.08. The van der Waals surface area contributed by atoms with Crippen LogP contribution in [0.1, 0.15) is 41.2 Å². The molecule has 0 spiro atoms. The molecule has 5 heteroatoms. The molecule has 0 aliphatic rings. The lowest BCUT2D eigenvalue weighted by Gasteiger charge is -2.11. The van der Waals surface area contributed by atoms with Gasteiger partial charge in [-0.1, -0.05) is 26.7 Å². The summed E-state index contributed by atoms with van der Waals surface area (Å²) in [6, 6.07) is 3.67. The van der Waals surface area contributed by atoms with E-state index in [4.69, 9.17) is 10.6 Å². The number of nitrogen functional groups attached to an aromatic ring is 1. The normalized spacial score (nSPS) is 10.8. The van der Waals surface area contributed by atoms with Crippen LogP contribution in [0.5, 0.6) is 0 Å². The van der Waals surface area contributed by atoms with Gasteiger partial charge in [0.25, 0.3) is 5.91 Å². The Labute approximate surface area is 106 Å². The summed E-state index contributed by atoms with van der Waals surface area (Å²) in [5.41, 5.74) is 2.12. The van der Waals surface area contributed by atoms with Crippen LogP contribution in [0.15, 0.2) is 12.1 Å². The molecule has 0 aromatic carbocycles. The van der Waals surface area contributed by atoms with Crippen molar-refractivity contribution in [3.05, 3.63) is 21.9 Å². The Morgan fingerprint density at radius 3 is 2.76 bits per heavy atom. The number of nitrogens with one attached hydrogen (secondary N) is 1. The predicted molar refractivity (Wildman–Crippen MR) is 69.7 cm³/mol. The summed E-state index contributed by atoms with van der Waals surface area (Å²) in [6.07, 6.45) is 2.28. The van der Waals surface area contributed by atoms with Crippen LogP contribution in [0.4, 0.5) is 0 Å². The molecule has 0 aliphatic carbocycles. The largest absolute Gasteiger partial charge is 0.376 e. The van der Waals surface area contributed by atoms with Gasteiger partial charge in [-0.05, 0) is 18.1 Å². The number of thiophene rings is 1. The van der Waals surface area contributed by atoms with Crippen LogP contribution in [0.2, 0.25) is 0 Å². The molecule has 3 N–H and O–H groups in total. The third-order valence-electron chi connectivity index (χ3n) is 2.77. The van der Waals surface area contributed by atoms with E-state index in [9.17, 15) is 4.79 Å². The van der Waals surface area contributed by atoms with Crippen LogP contribution in [0, 0.1) is 5.92 Å². The van der Waals surface area contributed by atoms with Crippen molar-refractivity contribution in [1.29, 1.82) is 0 Å². The van der Waals surface area contributed by atoms with E-state index in [2.05, 4.69) is 19.3 Å². The van der Waals surface area contributed by atoms with E-state index in [1.165, 1.54) is 11.3 Å². The van der Waals surface area contributed by atoms with Gasteiger partial charge < -0.3 is 4.74 Å². The number of carbonyl (C=O) groups excluding carboxylic acids is 1. The van der Waals surface area contributed by atoms with Crippen molar-refractivity contribution in [3.8, 4) is 0 Å². The monoisotopic (exact) mass is 256 g/mol. The maximum Gasteiger partial charge on any atom is 0.275 e. The highest BCUT2D eigenvalue weighted by Crippen LogP contribution is 2.18. The van der Waals surface area contributed by atoms with Gasteiger partial charge >= 0.3 is 0 Å². The van der Waals surface area contributed by atoms with E-state index in [0.717, 1.165) is 24.3 Å².